The second-order valence-electron chi connectivity index (χ2n) is 6.42. The molecule has 2 unspecified atom stereocenters. The van der Waals surface area contributed by atoms with Crippen molar-refractivity contribution in [2.24, 2.45) is 10.7 Å². The molecule has 9 heteroatoms. The van der Waals surface area contributed by atoms with Crippen LogP contribution in [0.25, 0.3) is 0 Å². The van der Waals surface area contributed by atoms with Gasteiger partial charge in [0.2, 0.25) is 11.9 Å². The highest BCUT2D eigenvalue weighted by Crippen LogP contribution is 2.36. The maximum absolute atomic E-state index is 12.9. The van der Waals surface area contributed by atoms with Gasteiger partial charge in [0, 0.05) is 24.6 Å². The van der Waals surface area contributed by atoms with Gasteiger partial charge in [-0.15, -0.1) is 0 Å². The topological polar surface area (TPSA) is 103 Å². The van der Waals surface area contributed by atoms with Crippen molar-refractivity contribution >= 4 is 29.5 Å². The van der Waals surface area contributed by atoms with Crippen molar-refractivity contribution in [1.29, 1.82) is 0 Å². The fourth-order valence-electron chi connectivity index (χ4n) is 3.55. The van der Waals surface area contributed by atoms with Gasteiger partial charge in [0.15, 0.2) is 12.2 Å². The summed E-state index contributed by atoms with van der Waals surface area (Å²) in [5.74, 6) is -0.635. The van der Waals surface area contributed by atoms with Crippen LogP contribution in [0.5, 0.6) is 0 Å². The maximum Gasteiger partial charge on any atom is 0.328 e. The third-order valence-electron chi connectivity index (χ3n) is 4.72. The monoisotopic (exact) mass is 354 g/mol. The van der Waals surface area contributed by atoms with E-state index < -0.39 is 36.6 Å². The third kappa shape index (κ3) is 2.17. The zero-order valence-corrected chi connectivity index (χ0v) is 14.4. The molecule has 1 fully saturated rings. The summed E-state index contributed by atoms with van der Waals surface area (Å²) >= 11 is 0. The molecule has 4 amide bonds. The quantitative estimate of drug-likeness (QED) is 0.830. The summed E-state index contributed by atoms with van der Waals surface area (Å²) in [5.41, 5.74) is 7.01. The summed E-state index contributed by atoms with van der Waals surface area (Å²) in [5, 5.41) is 0. The normalized spacial score (nSPS) is 24.5. The summed E-state index contributed by atoms with van der Waals surface area (Å²) in [6.45, 7) is 1.48. The molecule has 26 heavy (non-hydrogen) atoms. The third-order valence-corrected chi connectivity index (χ3v) is 4.72. The number of anilines is 1. The molecule has 4 rings (SSSR count). The minimum absolute atomic E-state index is 0.445. The number of primary amides is 1. The maximum atomic E-state index is 12.9. The second kappa shape index (κ2) is 5.58. The molecule has 9 nitrogen and oxygen atoms in total. The smallest absolute Gasteiger partial charge is 0.328 e. The molecule has 0 spiro atoms. The number of nitrogens with zero attached hydrogens (tertiary/aromatic N) is 5. The first-order valence-electron chi connectivity index (χ1n) is 8.16. The molecule has 3 aliphatic heterocycles. The van der Waals surface area contributed by atoms with E-state index in [2.05, 4.69) is 4.99 Å². The SMILES string of the molecule is CC1=CN2C(=NC3C2C(=O)N(CC(N)=O)C(=O)N3C)N1c1ccccc1. The van der Waals surface area contributed by atoms with Gasteiger partial charge in [-0.1, -0.05) is 18.2 Å². The van der Waals surface area contributed by atoms with Gasteiger partial charge < -0.3 is 15.5 Å². The van der Waals surface area contributed by atoms with Crippen molar-refractivity contribution in [1.82, 2.24) is 14.7 Å². The molecule has 0 aliphatic carbocycles. The lowest BCUT2D eigenvalue weighted by Crippen LogP contribution is -2.65. The van der Waals surface area contributed by atoms with Gasteiger partial charge in [-0.25, -0.2) is 9.79 Å². The molecule has 2 N–H and O–H groups in total. The van der Waals surface area contributed by atoms with Gasteiger partial charge in [0.25, 0.3) is 5.91 Å². The molecule has 2 atom stereocenters. The Labute approximate surface area is 149 Å². The van der Waals surface area contributed by atoms with Crippen LogP contribution in [0.4, 0.5) is 10.5 Å². The number of likely N-dealkylation sites (N-methyl/N-ethyl adjacent to an activating group) is 1. The van der Waals surface area contributed by atoms with E-state index in [1.54, 1.807) is 11.9 Å². The summed E-state index contributed by atoms with van der Waals surface area (Å²) in [6, 6.07) is 8.36. The van der Waals surface area contributed by atoms with Gasteiger partial charge in [-0.3, -0.25) is 19.4 Å². The highest BCUT2D eigenvalue weighted by Gasteiger charge is 2.54. The van der Waals surface area contributed by atoms with Crippen LogP contribution in [0.1, 0.15) is 6.92 Å². The number of hydrogen-bond donors (Lipinski definition) is 1. The van der Waals surface area contributed by atoms with Crippen LogP contribution in [0.3, 0.4) is 0 Å². The van der Waals surface area contributed by atoms with Crippen molar-refractivity contribution < 1.29 is 14.4 Å². The number of fused-ring (bicyclic) bond motifs is 3. The minimum atomic E-state index is -0.739. The number of carbonyl (C=O) groups is 3. The van der Waals surface area contributed by atoms with E-state index in [1.807, 2.05) is 48.4 Å². The number of nitrogens with two attached hydrogens (primary N) is 1. The number of amides is 4. The standard InChI is InChI=1S/C17H18N6O3/c1-10-8-21-13-14(19-16(21)23(10)11-6-4-3-5-7-11)20(2)17(26)22(15(13)25)9-12(18)24/h3-8,13-14H,9H2,1-2H3,(H2,18,24). The highest BCUT2D eigenvalue weighted by molar-refractivity contribution is 6.10. The zero-order valence-electron chi connectivity index (χ0n) is 14.4. The van der Waals surface area contributed by atoms with Crippen LogP contribution >= 0.6 is 0 Å². The number of urea groups is 1. The van der Waals surface area contributed by atoms with E-state index in [9.17, 15) is 14.4 Å². The van der Waals surface area contributed by atoms with Crippen molar-refractivity contribution in [3.8, 4) is 0 Å². The lowest BCUT2D eigenvalue weighted by molar-refractivity contribution is -0.139. The average molecular weight is 354 g/mol. The Morgan fingerprint density at radius 3 is 2.58 bits per heavy atom. The summed E-state index contributed by atoms with van der Waals surface area (Å²) < 4.78 is 0. The first-order chi connectivity index (χ1) is 12.4. The van der Waals surface area contributed by atoms with E-state index in [0.29, 0.717) is 5.96 Å². The predicted octanol–water partition coefficient (Wildman–Crippen LogP) is 0.114. The Morgan fingerprint density at radius 2 is 1.92 bits per heavy atom. The molecule has 134 valence electrons. The number of guanidine groups is 1. The number of aliphatic imine (C=N–C) groups is 1. The van der Waals surface area contributed by atoms with Crippen LogP contribution < -0.4 is 10.6 Å². The summed E-state index contributed by atoms with van der Waals surface area (Å²) in [4.78, 5) is 47.2. The van der Waals surface area contributed by atoms with E-state index >= 15 is 0 Å². The molecule has 3 aliphatic rings. The fourth-order valence-corrected chi connectivity index (χ4v) is 3.55. The predicted molar refractivity (Wildman–Crippen MR) is 93.6 cm³/mol. The number of rotatable bonds is 3. The van der Waals surface area contributed by atoms with Crippen molar-refractivity contribution in [3.05, 3.63) is 42.2 Å². The second-order valence-corrected chi connectivity index (χ2v) is 6.42. The van der Waals surface area contributed by atoms with Crippen LogP contribution in [-0.2, 0) is 9.59 Å². The molecule has 3 heterocycles. The largest absolute Gasteiger partial charge is 0.368 e. The van der Waals surface area contributed by atoms with E-state index in [0.717, 1.165) is 16.3 Å². The molecule has 1 saturated heterocycles. The van der Waals surface area contributed by atoms with Crippen LogP contribution in [-0.4, -0.2) is 64.3 Å². The molecule has 0 bridgehead atoms. The Balaban J connectivity index is 1.72. The van der Waals surface area contributed by atoms with E-state index in [4.69, 9.17) is 5.73 Å². The van der Waals surface area contributed by atoms with Crippen molar-refractivity contribution in [2.45, 2.75) is 19.1 Å². The van der Waals surface area contributed by atoms with Crippen molar-refractivity contribution in [2.75, 3.05) is 18.5 Å². The van der Waals surface area contributed by atoms with E-state index in [-0.39, 0.29) is 0 Å². The molecular formula is C17H18N6O3. The zero-order chi connectivity index (χ0) is 18.6. The molecular weight excluding hydrogens is 336 g/mol. The van der Waals surface area contributed by atoms with Crippen molar-refractivity contribution in [3.63, 3.8) is 0 Å². The minimum Gasteiger partial charge on any atom is -0.368 e. The number of imide groups is 1. The van der Waals surface area contributed by atoms with Gasteiger partial charge in [0.1, 0.15) is 6.54 Å². The Kier molecular flexibility index (Phi) is 3.46. The Morgan fingerprint density at radius 1 is 1.23 bits per heavy atom. The summed E-state index contributed by atoms with van der Waals surface area (Å²) in [6.07, 6.45) is 1.19. The molecule has 1 aromatic rings. The molecule has 0 radical (unpaired) electrons. The van der Waals surface area contributed by atoms with Gasteiger partial charge in [-0.05, 0) is 19.1 Å². The summed E-state index contributed by atoms with van der Waals surface area (Å²) in [7, 11) is 1.57. The van der Waals surface area contributed by atoms with Gasteiger partial charge >= 0.3 is 6.03 Å². The van der Waals surface area contributed by atoms with Crippen LogP contribution in [0, 0.1) is 0 Å². The number of hydrogen-bond acceptors (Lipinski definition) is 6. The van der Waals surface area contributed by atoms with Crippen LogP contribution in [0.2, 0.25) is 0 Å². The first-order valence-corrected chi connectivity index (χ1v) is 8.16. The van der Waals surface area contributed by atoms with Gasteiger partial charge in [0.05, 0.1) is 0 Å². The van der Waals surface area contributed by atoms with Gasteiger partial charge in [-0.2, -0.15) is 0 Å². The first kappa shape index (κ1) is 16.1. The molecule has 0 saturated carbocycles. The number of benzene rings is 1. The van der Waals surface area contributed by atoms with E-state index in [1.165, 1.54) is 4.90 Å². The number of allylic oxidation sites excluding steroid dienone is 1. The highest BCUT2D eigenvalue weighted by atomic mass is 16.2. The molecule has 0 aromatic heterocycles. The fraction of sp³-hybridized carbons (Fsp3) is 0.294. The lowest BCUT2D eigenvalue weighted by Gasteiger charge is -2.39. The number of carbonyl (C=O) groups excluding carboxylic acids is 3. The average Bonchev–Trinajstić information content (AvgIpc) is 3.12. The molecule has 1 aromatic carbocycles. The Bertz CT molecular complexity index is 865. The van der Waals surface area contributed by atoms with Crippen LogP contribution in [0.15, 0.2) is 47.2 Å². The Hall–Kier alpha value is -3.36. The number of para-hydroxylation sites is 1. The lowest BCUT2D eigenvalue weighted by atomic mass is 10.1.